The summed E-state index contributed by atoms with van der Waals surface area (Å²) in [6, 6.07) is 7.00. The summed E-state index contributed by atoms with van der Waals surface area (Å²) < 4.78 is 53.2. The molecule has 0 atom stereocenters. The van der Waals surface area contributed by atoms with E-state index in [1.165, 1.54) is 38.5 Å². The largest absolute Gasteiger partial charge is 0.493 e. The first-order chi connectivity index (χ1) is 10.9. The van der Waals surface area contributed by atoms with Gasteiger partial charge < -0.3 is 14.2 Å². The van der Waals surface area contributed by atoms with Gasteiger partial charge in [0, 0.05) is 6.07 Å². The lowest BCUT2D eigenvalue weighted by Crippen LogP contribution is -2.04. The Labute approximate surface area is 130 Å². The highest BCUT2D eigenvalue weighted by molar-refractivity contribution is 5.81. The molecule has 0 N–H and O–H groups in total. The van der Waals surface area contributed by atoms with Crippen molar-refractivity contribution >= 4 is 6.29 Å². The molecular formula is C16H13F3O4. The zero-order valence-electron chi connectivity index (χ0n) is 12.3. The van der Waals surface area contributed by atoms with Gasteiger partial charge in [0.15, 0.2) is 17.8 Å². The van der Waals surface area contributed by atoms with E-state index >= 15 is 0 Å². The van der Waals surface area contributed by atoms with E-state index in [9.17, 15) is 18.0 Å². The zero-order valence-corrected chi connectivity index (χ0v) is 12.3. The Bertz CT molecular complexity index is 694. The van der Waals surface area contributed by atoms with Gasteiger partial charge in [-0.15, -0.1) is 0 Å². The lowest BCUT2D eigenvalue weighted by Gasteiger charge is -2.13. The second-order valence-corrected chi connectivity index (χ2v) is 4.49. The van der Waals surface area contributed by atoms with E-state index in [1.54, 1.807) is 0 Å². The van der Waals surface area contributed by atoms with Crippen LogP contribution in [0.2, 0.25) is 0 Å². The van der Waals surface area contributed by atoms with Crippen LogP contribution in [0.15, 0.2) is 36.4 Å². The number of ether oxygens (including phenoxy) is 3. The molecule has 0 aliphatic heterocycles. The molecule has 2 rings (SSSR count). The van der Waals surface area contributed by atoms with Gasteiger partial charge >= 0.3 is 6.18 Å². The third-order valence-corrected chi connectivity index (χ3v) is 3.05. The number of carbonyl (C=O) groups excluding carboxylic acids is 1. The number of hydrogen-bond acceptors (Lipinski definition) is 4. The molecule has 7 heteroatoms. The number of halogens is 3. The lowest BCUT2D eigenvalue weighted by atomic mass is 10.2. The smallest absolute Gasteiger partial charge is 0.416 e. The molecule has 0 unspecified atom stereocenters. The Hall–Kier alpha value is -2.70. The maximum atomic E-state index is 12.5. The van der Waals surface area contributed by atoms with E-state index in [1.807, 2.05) is 0 Å². The highest BCUT2D eigenvalue weighted by Crippen LogP contribution is 2.37. The number of alkyl halides is 3. The van der Waals surface area contributed by atoms with E-state index in [0.717, 1.165) is 12.1 Å². The Morgan fingerprint density at radius 3 is 1.96 bits per heavy atom. The van der Waals surface area contributed by atoms with Crippen LogP contribution in [0.25, 0.3) is 0 Å². The van der Waals surface area contributed by atoms with Crippen LogP contribution in [0.1, 0.15) is 15.9 Å². The maximum Gasteiger partial charge on any atom is 0.416 e. The molecule has 0 aliphatic carbocycles. The molecule has 122 valence electrons. The van der Waals surface area contributed by atoms with Gasteiger partial charge in [0.05, 0.1) is 25.3 Å². The van der Waals surface area contributed by atoms with Crippen molar-refractivity contribution in [2.75, 3.05) is 14.2 Å². The standard InChI is InChI=1S/C16H13F3O4/c1-21-14-7-10(9-20)13(8-15(14)22-2)23-12-5-3-11(4-6-12)16(17,18)19/h3-9H,1-2H3. The fourth-order valence-electron chi connectivity index (χ4n) is 1.90. The van der Waals surface area contributed by atoms with Gasteiger partial charge in [-0.3, -0.25) is 4.79 Å². The van der Waals surface area contributed by atoms with E-state index in [2.05, 4.69) is 0 Å². The first kappa shape index (κ1) is 16.7. The monoisotopic (exact) mass is 326 g/mol. The van der Waals surface area contributed by atoms with Crippen molar-refractivity contribution in [1.29, 1.82) is 0 Å². The molecule has 0 bridgehead atoms. The Kier molecular flexibility index (Phi) is 4.78. The van der Waals surface area contributed by atoms with Crippen molar-refractivity contribution < 1.29 is 32.2 Å². The highest BCUT2D eigenvalue weighted by Gasteiger charge is 2.30. The summed E-state index contributed by atoms with van der Waals surface area (Å²) >= 11 is 0. The number of aldehydes is 1. The summed E-state index contributed by atoms with van der Waals surface area (Å²) in [6.07, 6.45) is -3.86. The fraction of sp³-hybridized carbons (Fsp3) is 0.188. The molecule has 23 heavy (non-hydrogen) atoms. The Morgan fingerprint density at radius 1 is 0.913 bits per heavy atom. The molecule has 0 spiro atoms. The molecule has 0 aliphatic rings. The Balaban J connectivity index is 2.34. The lowest BCUT2D eigenvalue weighted by molar-refractivity contribution is -0.137. The summed E-state index contributed by atoms with van der Waals surface area (Å²) in [5, 5.41) is 0. The van der Waals surface area contributed by atoms with E-state index in [0.29, 0.717) is 17.8 Å². The van der Waals surface area contributed by atoms with Gasteiger partial charge in [0.1, 0.15) is 11.5 Å². The molecule has 0 fully saturated rings. The number of hydrogen-bond donors (Lipinski definition) is 0. The fourth-order valence-corrected chi connectivity index (χ4v) is 1.90. The quantitative estimate of drug-likeness (QED) is 0.767. The van der Waals surface area contributed by atoms with Crippen molar-refractivity contribution in [2.45, 2.75) is 6.18 Å². The van der Waals surface area contributed by atoms with Crippen LogP contribution in [-0.4, -0.2) is 20.5 Å². The normalized spacial score (nSPS) is 11.0. The number of benzene rings is 2. The molecule has 4 nitrogen and oxygen atoms in total. The van der Waals surface area contributed by atoms with Crippen LogP contribution in [0.4, 0.5) is 13.2 Å². The zero-order chi connectivity index (χ0) is 17.0. The first-order valence-electron chi connectivity index (χ1n) is 6.45. The third kappa shape index (κ3) is 3.74. The van der Waals surface area contributed by atoms with Gasteiger partial charge in [-0.25, -0.2) is 0 Å². The molecule has 0 radical (unpaired) electrons. The highest BCUT2D eigenvalue weighted by atomic mass is 19.4. The van der Waals surface area contributed by atoms with Crippen molar-refractivity contribution in [1.82, 2.24) is 0 Å². The van der Waals surface area contributed by atoms with E-state index < -0.39 is 11.7 Å². The summed E-state index contributed by atoms with van der Waals surface area (Å²) in [7, 11) is 2.84. The second-order valence-electron chi connectivity index (χ2n) is 4.49. The molecule has 2 aromatic rings. The predicted octanol–water partition coefficient (Wildman–Crippen LogP) is 4.33. The van der Waals surface area contributed by atoms with Crippen LogP contribution < -0.4 is 14.2 Å². The average molecular weight is 326 g/mol. The Morgan fingerprint density at radius 2 is 1.48 bits per heavy atom. The van der Waals surface area contributed by atoms with Crippen LogP contribution in [0, 0.1) is 0 Å². The van der Waals surface area contributed by atoms with Crippen LogP contribution in [0.3, 0.4) is 0 Å². The maximum absolute atomic E-state index is 12.5. The number of rotatable bonds is 5. The second kappa shape index (κ2) is 6.60. The van der Waals surface area contributed by atoms with Gasteiger partial charge in [-0.05, 0) is 30.3 Å². The van der Waals surface area contributed by atoms with Crippen molar-refractivity contribution in [3.8, 4) is 23.0 Å². The molecule has 0 amide bonds. The van der Waals surface area contributed by atoms with Crippen molar-refractivity contribution in [3.63, 3.8) is 0 Å². The summed E-state index contributed by atoms with van der Waals surface area (Å²) in [5.41, 5.74) is -0.602. The summed E-state index contributed by atoms with van der Waals surface area (Å²) in [5.74, 6) is 0.986. The van der Waals surface area contributed by atoms with Gasteiger partial charge in [-0.1, -0.05) is 0 Å². The van der Waals surface area contributed by atoms with Gasteiger partial charge in [0.2, 0.25) is 0 Å². The predicted molar refractivity (Wildman–Crippen MR) is 76.5 cm³/mol. The van der Waals surface area contributed by atoms with E-state index in [4.69, 9.17) is 14.2 Å². The molecule has 0 saturated carbocycles. The minimum atomic E-state index is -4.42. The van der Waals surface area contributed by atoms with E-state index in [-0.39, 0.29) is 17.1 Å². The van der Waals surface area contributed by atoms with Gasteiger partial charge in [-0.2, -0.15) is 13.2 Å². The summed E-state index contributed by atoms with van der Waals surface area (Å²) in [4.78, 5) is 11.1. The average Bonchev–Trinajstić information content (AvgIpc) is 2.54. The molecule has 0 heterocycles. The summed E-state index contributed by atoms with van der Waals surface area (Å²) in [6.45, 7) is 0. The molecule has 0 saturated heterocycles. The molecule has 0 aromatic heterocycles. The number of methoxy groups -OCH3 is 2. The number of carbonyl (C=O) groups is 1. The minimum Gasteiger partial charge on any atom is -0.493 e. The molecule has 2 aromatic carbocycles. The third-order valence-electron chi connectivity index (χ3n) is 3.05. The SMILES string of the molecule is COc1cc(C=O)c(Oc2ccc(C(F)(F)F)cc2)cc1OC. The van der Waals surface area contributed by atoms with Gasteiger partial charge in [0.25, 0.3) is 0 Å². The van der Waals surface area contributed by atoms with Crippen LogP contribution in [-0.2, 0) is 6.18 Å². The van der Waals surface area contributed by atoms with Crippen molar-refractivity contribution in [2.24, 2.45) is 0 Å². The first-order valence-corrected chi connectivity index (χ1v) is 6.45. The van der Waals surface area contributed by atoms with Crippen LogP contribution >= 0.6 is 0 Å². The topological polar surface area (TPSA) is 44.8 Å². The van der Waals surface area contributed by atoms with Crippen molar-refractivity contribution in [3.05, 3.63) is 47.5 Å². The van der Waals surface area contributed by atoms with Crippen LogP contribution in [0.5, 0.6) is 23.0 Å². The minimum absolute atomic E-state index is 0.150. The molecular weight excluding hydrogens is 313 g/mol.